The normalized spacial score (nSPS) is 18.2. The predicted molar refractivity (Wildman–Crippen MR) is 59.3 cm³/mol. The molecule has 0 spiro atoms. The maximum absolute atomic E-state index is 11.2. The van der Waals surface area contributed by atoms with Crippen molar-refractivity contribution in [2.24, 2.45) is 5.73 Å². The van der Waals surface area contributed by atoms with E-state index in [1.165, 1.54) is 0 Å². The van der Waals surface area contributed by atoms with Gasteiger partial charge in [-0.25, -0.2) is 0 Å². The van der Waals surface area contributed by atoms with Gasteiger partial charge >= 0.3 is 0 Å². The highest BCUT2D eigenvalue weighted by atomic mass is 127. The van der Waals surface area contributed by atoms with Gasteiger partial charge in [0.2, 0.25) is 5.91 Å². The van der Waals surface area contributed by atoms with Crippen LogP contribution in [-0.2, 0) is 10.2 Å². The topological polar surface area (TPSA) is 43.1 Å². The highest BCUT2D eigenvalue weighted by Crippen LogP contribution is 2.47. The second kappa shape index (κ2) is 2.97. The molecule has 3 heteroatoms. The molecule has 2 nitrogen and oxygen atoms in total. The van der Waals surface area contributed by atoms with Crippen LogP contribution >= 0.6 is 22.6 Å². The molecule has 0 aromatic heterocycles. The molecule has 1 saturated carbocycles. The monoisotopic (exact) mass is 287 g/mol. The van der Waals surface area contributed by atoms with Crippen LogP contribution < -0.4 is 5.73 Å². The van der Waals surface area contributed by atoms with E-state index in [0.29, 0.717) is 0 Å². The van der Waals surface area contributed by atoms with Gasteiger partial charge in [-0.05, 0) is 53.1 Å². The summed E-state index contributed by atoms with van der Waals surface area (Å²) in [6, 6.07) is 8.01. The molecule has 0 aliphatic heterocycles. The van der Waals surface area contributed by atoms with Gasteiger partial charge in [-0.2, -0.15) is 0 Å². The second-order valence-corrected chi connectivity index (χ2v) is 4.70. The van der Waals surface area contributed by atoms with E-state index in [1.807, 2.05) is 24.3 Å². The molecule has 0 saturated heterocycles. The molecular formula is C10H10INO. The van der Waals surface area contributed by atoms with Crippen molar-refractivity contribution in [3.8, 4) is 0 Å². The zero-order valence-corrected chi connectivity index (χ0v) is 9.24. The highest BCUT2D eigenvalue weighted by molar-refractivity contribution is 14.1. The van der Waals surface area contributed by atoms with Crippen LogP contribution in [0.15, 0.2) is 24.3 Å². The Balaban J connectivity index is 2.41. The number of amides is 1. The predicted octanol–water partition coefficient (Wildman–Crippen LogP) is 1.81. The van der Waals surface area contributed by atoms with Crippen LogP contribution in [0.1, 0.15) is 18.4 Å². The van der Waals surface area contributed by atoms with Crippen molar-refractivity contribution < 1.29 is 4.79 Å². The molecule has 1 fully saturated rings. The lowest BCUT2D eigenvalue weighted by Gasteiger charge is -2.10. The van der Waals surface area contributed by atoms with E-state index in [1.54, 1.807) is 0 Å². The zero-order chi connectivity index (χ0) is 9.47. The summed E-state index contributed by atoms with van der Waals surface area (Å²) < 4.78 is 1.16. The van der Waals surface area contributed by atoms with Crippen molar-refractivity contribution in [2.75, 3.05) is 0 Å². The molecule has 1 amide bonds. The Hall–Kier alpha value is -0.580. The first-order chi connectivity index (χ1) is 6.15. The Morgan fingerprint density at radius 3 is 2.62 bits per heavy atom. The van der Waals surface area contributed by atoms with Gasteiger partial charge < -0.3 is 5.73 Å². The van der Waals surface area contributed by atoms with Gasteiger partial charge in [0, 0.05) is 3.57 Å². The quantitative estimate of drug-likeness (QED) is 0.828. The Bertz CT molecular complexity index is 358. The lowest BCUT2D eigenvalue weighted by Crippen LogP contribution is -2.28. The van der Waals surface area contributed by atoms with E-state index < -0.39 is 0 Å². The molecule has 1 aromatic rings. The number of nitrogens with two attached hydrogens (primary N) is 1. The van der Waals surface area contributed by atoms with Gasteiger partial charge in [0.1, 0.15) is 0 Å². The minimum Gasteiger partial charge on any atom is -0.369 e. The standard InChI is InChI=1S/C10H10INO/c11-8-3-1-2-7(6-8)10(4-5-10)9(12)13/h1-3,6H,4-5H2,(H2,12,13). The molecule has 0 unspecified atom stereocenters. The van der Waals surface area contributed by atoms with Crippen molar-refractivity contribution in [3.05, 3.63) is 33.4 Å². The summed E-state index contributed by atoms with van der Waals surface area (Å²) in [5, 5.41) is 0. The van der Waals surface area contributed by atoms with Crippen molar-refractivity contribution in [3.63, 3.8) is 0 Å². The van der Waals surface area contributed by atoms with Crippen LogP contribution in [0.2, 0.25) is 0 Å². The smallest absolute Gasteiger partial charge is 0.228 e. The molecule has 0 radical (unpaired) electrons. The molecule has 1 aliphatic rings. The fourth-order valence-corrected chi connectivity index (χ4v) is 2.13. The number of primary amides is 1. The number of hydrogen-bond acceptors (Lipinski definition) is 1. The molecule has 13 heavy (non-hydrogen) atoms. The van der Waals surface area contributed by atoms with Crippen molar-refractivity contribution >= 4 is 28.5 Å². The zero-order valence-electron chi connectivity index (χ0n) is 7.09. The maximum atomic E-state index is 11.2. The number of halogens is 1. The van der Waals surface area contributed by atoms with Gasteiger partial charge in [-0.3, -0.25) is 4.79 Å². The first-order valence-electron chi connectivity index (χ1n) is 4.21. The SMILES string of the molecule is NC(=O)C1(c2cccc(I)c2)CC1. The fourth-order valence-electron chi connectivity index (χ4n) is 1.59. The van der Waals surface area contributed by atoms with E-state index in [9.17, 15) is 4.79 Å². The highest BCUT2D eigenvalue weighted by Gasteiger charge is 2.49. The molecule has 0 bridgehead atoms. The van der Waals surface area contributed by atoms with Gasteiger partial charge in [0.05, 0.1) is 5.41 Å². The van der Waals surface area contributed by atoms with E-state index in [0.717, 1.165) is 22.0 Å². The summed E-state index contributed by atoms with van der Waals surface area (Å²) in [7, 11) is 0. The third-order valence-electron chi connectivity index (χ3n) is 2.60. The van der Waals surface area contributed by atoms with Crippen molar-refractivity contribution in [2.45, 2.75) is 18.3 Å². The third kappa shape index (κ3) is 1.45. The van der Waals surface area contributed by atoms with Crippen LogP contribution in [0.25, 0.3) is 0 Å². The number of benzene rings is 1. The molecular weight excluding hydrogens is 277 g/mol. The van der Waals surface area contributed by atoms with E-state index in [-0.39, 0.29) is 11.3 Å². The summed E-state index contributed by atoms with van der Waals surface area (Å²) in [4.78, 5) is 11.2. The summed E-state index contributed by atoms with van der Waals surface area (Å²) >= 11 is 2.24. The molecule has 2 rings (SSSR count). The fraction of sp³-hybridized carbons (Fsp3) is 0.300. The van der Waals surface area contributed by atoms with E-state index in [4.69, 9.17) is 5.73 Å². The summed E-state index contributed by atoms with van der Waals surface area (Å²) in [6.45, 7) is 0. The largest absolute Gasteiger partial charge is 0.369 e. The number of carbonyl (C=O) groups is 1. The van der Waals surface area contributed by atoms with Gasteiger partial charge in [0.15, 0.2) is 0 Å². The van der Waals surface area contributed by atoms with E-state index in [2.05, 4.69) is 22.6 Å². The maximum Gasteiger partial charge on any atom is 0.228 e. The number of hydrogen-bond donors (Lipinski definition) is 1. The lowest BCUT2D eigenvalue weighted by atomic mass is 9.96. The Labute approximate surface area is 90.6 Å². The van der Waals surface area contributed by atoms with Gasteiger partial charge in [0.25, 0.3) is 0 Å². The van der Waals surface area contributed by atoms with E-state index >= 15 is 0 Å². The van der Waals surface area contributed by atoms with Crippen LogP contribution in [0.4, 0.5) is 0 Å². The third-order valence-corrected chi connectivity index (χ3v) is 3.27. The first-order valence-corrected chi connectivity index (χ1v) is 5.29. The Morgan fingerprint density at radius 1 is 1.46 bits per heavy atom. The first kappa shape index (κ1) is 8.99. The molecule has 1 aromatic carbocycles. The number of carbonyl (C=O) groups excluding carboxylic acids is 1. The lowest BCUT2D eigenvalue weighted by molar-refractivity contribution is -0.120. The average molecular weight is 287 g/mol. The molecule has 0 atom stereocenters. The van der Waals surface area contributed by atoms with Gasteiger partial charge in [-0.15, -0.1) is 0 Å². The van der Waals surface area contributed by atoms with Crippen molar-refractivity contribution in [1.29, 1.82) is 0 Å². The number of rotatable bonds is 2. The minimum absolute atomic E-state index is 0.186. The second-order valence-electron chi connectivity index (χ2n) is 3.46. The van der Waals surface area contributed by atoms with Crippen LogP contribution in [0, 0.1) is 3.57 Å². The minimum atomic E-state index is -0.332. The molecule has 68 valence electrons. The molecule has 1 aliphatic carbocycles. The summed E-state index contributed by atoms with van der Waals surface area (Å²) in [6.07, 6.45) is 1.81. The Kier molecular flexibility index (Phi) is 2.06. The van der Waals surface area contributed by atoms with Crippen molar-refractivity contribution in [1.82, 2.24) is 0 Å². The Morgan fingerprint density at radius 2 is 2.15 bits per heavy atom. The van der Waals surface area contributed by atoms with Crippen LogP contribution in [-0.4, -0.2) is 5.91 Å². The summed E-state index contributed by atoms with van der Waals surface area (Å²) in [5.74, 6) is -0.186. The summed E-state index contributed by atoms with van der Waals surface area (Å²) in [5.41, 5.74) is 6.12. The molecule has 0 heterocycles. The van der Waals surface area contributed by atoms with Crippen LogP contribution in [0.3, 0.4) is 0 Å². The van der Waals surface area contributed by atoms with Crippen LogP contribution in [0.5, 0.6) is 0 Å². The average Bonchev–Trinajstić information content (AvgIpc) is 2.83. The van der Waals surface area contributed by atoms with Gasteiger partial charge in [-0.1, -0.05) is 12.1 Å². The molecule has 2 N–H and O–H groups in total.